The summed E-state index contributed by atoms with van der Waals surface area (Å²) < 4.78 is 39.6. The lowest BCUT2D eigenvalue weighted by atomic mass is 10.1. The molecular weight excluding hydrogens is 263 g/mol. The van der Waals surface area contributed by atoms with Gasteiger partial charge in [0.1, 0.15) is 0 Å². The molecule has 2 rings (SSSR count). The van der Waals surface area contributed by atoms with Gasteiger partial charge in [-0.05, 0) is 25.1 Å². The maximum atomic E-state index is 12.8. The molecule has 0 saturated heterocycles. The fourth-order valence-corrected chi connectivity index (χ4v) is 1.57. The predicted molar refractivity (Wildman–Crippen MR) is 58.1 cm³/mol. The fraction of sp³-hybridized carbons (Fsp3) is 0.182. The Morgan fingerprint density at radius 3 is 2.53 bits per heavy atom. The number of aromatic nitrogens is 3. The highest BCUT2D eigenvalue weighted by Crippen LogP contribution is 2.33. The van der Waals surface area contributed by atoms with E-state index in [2.05, 4.69) is 10.3 Å². The average Bonchev–Trinajstić information content (AvgIpc) is 2.74. The van der Waals surface area contributed by atoms with Crippen LogP contribution in [-0.2, 0) is 6.18 Å². The van der Waals surface area contributed by atoms with Crippen molar-refractivity contribution in [3.8, 4) is 5.69 Å². The summed E-state index contributed by atoms with van der Waals surface area (Å²) in [4.78, 5) is 10.8. The molecule has 0 unspecified atom stereocenters. The molecule has 1 heterocycles. The quantitative estimate of drug-likeness (QED) is 0.909. The van der Waals surface area contributed by atoms with Crippen molar-refractivity contribution in [3.63, 3.8) is 0 Å². The molecule has 0 aliphatic rings. The number of rotatable bonds is 2. The van der Waals surface area contributed by atoms with Crippen LogP contribution in [0.25, 0.3) is 5.69 Å². The van der Waals surface area contributed by atoms with Gasteiger partial charge in [0.25, 0.3) is 0 Å². The van der Waals surface area contributed by atoms with Gasteiger partial charge < -0.3 is 5.11 Å². The van der Waals surface area contributed by atoms with E-state index in [0.29, 0.717) is 5.69 Å². The molecule has 5 nitrogen and oxygen atoms in total. The third-order valence-corrected chi connectivity index (χ3v) is 2.41. The summed E-state index contributed by atoms with van der Waals surface area (Å²) in [7, 11) is 0. The molecule has 0 saturated carbocycles. The van der Waals surface area contributed by atoms with Crippen molar-refractivity contribution >= 4 is 5.97 Å². The number of benzene rings is 1. The molecule has 2 aromatic rings. The van der Waals surface area contributed by atoms with Gasteiger partial charge >= 0.3 is 12.1 Å². The Morgan fingerprint density at radius 1 is 1.37 bits per heavy atom. The van der Waals surface area contributed by atoms with Crippen LogP contribution < -0.4 is 0 Å². The number of carbonyl (C=O) groups is 1. The summed E-state index contributed by atoms with van der Waals surface area (Å²) in [6.45, 7) is 1.64. The first-order chi connectivity index (χ1) is 8.79. The largest absolute Gasteiger partial charge is 0.478 e. The maximum Gasteiger partial charge on any atom is 0.417 e. The first-order valence-electron chi connectivity index (χ1n) is 5.13. The van der Waals surface area contributed by atoms with E-state index in [4.69, 9.17) is 5.11 Å². The SMILES string of the molecule is Cc1cn(-c2ccc(C(=O)O)c(C(F)(F)F)c2)nn1. The molecule has 0 aliphatic heterocycles. The minimum absolute atomic E-state index is 0.0953. The number of aromatic carboxylic acids is 1. The number of nitrogens with zero attached hydrogens (tertiary/aromatic N) is 3. The molecule has 0 bridgehead atoms. The van der Waals surface area contributed by atoms with E-state index in [-0.39, 0.29) is 5.69 Å². The Balaban J connectivity index is 2.59. The predicted octanol–water partition coefficient (Wildman–Crippen LogP) is 2.29. The number of halogens is 3. The highest BCUT2D eigenvalue weighted by Gasteiger charge is 2.35. The van der Waals surface area contributed by atoms with E-state index in [1.807, 2.05) is 0 Å². The number of carboxylic acid groups (broad SMARTS) is 1. The smallest absolute Gasteiger partial charge is 0.417 e. The third kappa shape index (κ3) is 2.56. The van der Waals surface area contributed by atoms with Crippen LogP contribution in [0.2, 0.25) is 0 Å². The molecule has 0 fully saturated rings. The molecule has 0 aliphatic carbocycles. The van der Waals surface area contributed by atoms with Crippen molar-refractivity contribution in [3.05, 3.63) is 41.2 Å². The van der Waals surface area contributed by atoms with Gasteiger partial charge in [0, 0.05) is 0 Å². The molecule has 19 heavy (non-hydrogen) atoms. The second-order valence-corrected chi connectivity index (χ2v) is 3.84. The maximum absolute atomic E-state index is 12.8. The van der Waals surface area contributed by atoms with Crippen molar-refractivity contribution in [1.29, 1.82) is 0 Å². The van der Waals surface area contributed by atoms with Crippen molar-refractivity contribution in [2.75, 3.05) is 0 Å². The summed E-state index contributed by atoms with van der Waals surface area (Å²) in [5.41, 5.74) is -1.38. The Bertz CT molecular complexity index is 634. The number of hydrogen-bond acceptors (Lipinski definition) is 3. The monoisotopic (exact) mass is 271 g/mol. The van der Waals surface area contributed by atoms with Gasteiger partial charge in [0.05, 0.1) is 28.7 Å². The van der Waals surface area contributed by atoms with E-state index in [0.717, 1.165) is 16.8 Å². The minimum Gasteiger partial charge on any atom is -0.478 e. The van der Waals surface area contributed by atoms with E-state index in [1.165, 1.54) is 12.3 Å². The third-order valence-electron chi connectivity index (χ3n) is 2.41. The number of carboxylic acids is 1. The van der Waals surface area contributed by atoms with Crippen LogP contribution in [0.1, 0.15) is 21.6 Å². The molecule has 0 spiro atoms. The second-order valence-electron chi connectivity index (χ2n) is 3.84. The van der Waals surface area contributed by atoms with Crippen LogP contribution in [0.4, 0.5) is 13.2 Å². The van der Waals surface area contributed by atoms with E-state index < -0.39 is 23.3 Å². The summed E-state index contributed by atoms with van der Waals surface area (Å²) in [5.74, 6) is -1.63. The fourth-order valence-electron chi connectivity index (χ4n) is 1.57. The van der Waals surface area contributed by atoms with Crippen LogP contribution in [-0.4, -0.2) is 26.1 Å². The lowest BCUT2D eigenvalue weighted by molar-refractivity contribution is -0.138. The molecule has 1 N–H and O–H groups in total. The Morgan fingerprint density at radius 2 is 2.05 bits per heavy atom. The zero-order valence-corrected chi connectivity index (χ0v) is 9.64. The van der Waals surface area contributed by atoms with Crippen molar-refractivity contribution in [2.24, 2.45) is 0 Å². The molecule has 8 heteroatoms. The molecular formula is C11H8F3N3O2. The van der Waals surface area contributed by atoms with Crippen molar-refractivity contribution in [1.82, 2.24) is 15.0 Å². The molecule has 0 amide bonds. The van der Waals surface area contributed by atoms with Crippen LogP contribution in [0.3, 0.4) is 0 Å². The van der Waals surface area contributed by atoms with Gasteiger partial charge in [-0.15, -0.1) is 5.10 Å². The first kappa shape index (κ1) is 13.1. The van der Waals surface area contributed by atoms with Crippen molar-refractivity contribution < 1.29 is 23.1 Å². The summed E-state index contributed by atoms with van der Waals surface area (Å²) in [6.07, 6.45) is -3.31. The summed E-state index contributed by atoms with van der Waals surface area (Å²) in [6, 6.07) is 2.88. The molecule has 0 atom stereocenters. The lowest BCUT2D eigenvalue weighted by Crippen LogP contribution is -2.14. The molecule has 1 aromatic heterocycles. The number of alkyl halides is 3. The second kappa shape index (κ2) is 4.38. The number of hydrogen-bond donors (Lipinski definition) is 1. The standard InChI is InChI=1S/C11H8F3N3O2/c1-6-5-17(16-15-6)7-2-3-8(10(18)19)9(4-7)11(12,13)14/h2-5H,1H3,(H,18,19). The Labute approximate surface area is 105 Å². The van der Waals surface area contributed by atoms with Gasteiger partial charge in [-0.2, -0.15) is 13.2 Å². The summed E-state index contributed by atoms with van der Waals surface area (Å²) in [5, 5.41) is 16.1. The van der Waals surface area contributed by atoms with E-state index in [9.17, 15) is 18.0 Å². The zero-order chi connectivity index (χ0) is 14.2. The van der Waals surface area contributed by atoms with Gasteiger partial charge in [0.2, 0.25) is 0 Å². The normalized spacial score (nSPS) is 11.6. The van der Waals surface area contributed by atoms with Crippen LogP contribution in [0.15, 0.2) is 24.4 Å². The van der Waals surface area contributed by atoms with E-state index in [1.54, 1.807) is 6.92 Å². The van der Waals surface area contributed by atoms with Gasteiger partial charge in [0.15, 0.2) is 0 Å². The zero-order valence-electron chi connectivity index (χ0n) is 9.64. The molecule has 100 valence electrons. The highest BCUT2D eigenvalue weighted by atomic mass is 19.4. The van der Waals surface area contributed by atoms with E-state index >= 15 is 0 Å². The topological polar surface area (TPSA) is 68.0 Å². The van der Waals surface area contributed by atoms with Gasteiger partial charge in [-0.3, -0.25) is 0 Å². The summed E-state index contributed by atoms with van der Waals surface area (Å²) >= 11 is 0. The van der Waals surface area contributed by atoms with Gasteiger partial charge in [-0.1, -0.05) is 5.21 Å². The van der Waals surface area contributed by atoms with Crippen LogP contribution in [0, 0.1) is 6.92 Å². The minimum atomic E-state index is -4.75. The Kier molecular flexibility index (Phi) is 3.01. The van der Waals surface area contributed by atoms with Gasteiger partial charge in [-0.25, -0.2) is 9.48 Å². The first-order valence-corrected chi connectivity index (χ1v) is 5.13. The Hall–Kier alpha value is -2.38. The average molecular weight is 271 g/mol. The number of aryl methyl sites for hydroxylation is 1. The lowest BCUT2D eigenvalue weighted by Gasteiger charge is -2.11. The van der Waals surface area contributed by atoms with Crippen molar-refractivity contribution in [2.45, 2.75) is 13.1 Å². The van der Waals surface area contributed by atoms with Crippen LogP contribution in [0.5, 0.6) is 0 Å². The highest BCUT2D eigenvalue weighted by molar-refractivity contribution is 5.90. The molecule has 1 aromatic carbocycles. The molecule has 0 radical (unpaired) electrons. The van der Waals surface area contributed by atoms with Crippen LogP contribution >= 0.6 is 0 Å².